The highest BCUT2D eigenvalue weighted by atomic mass is 32.2. The molecule has 0 fully saturated rings. The van der Waals surface area contributed by atoms with Crippen LogP contribution in [0.2, 0.25) is 0 Å². The molecule has 1 atom stereocenters. The Kier molecular flexibility index (Phi) is 4.54. The fraction of sp³-hybridized carbons (Fsp3) is 0.357. The third-order valence-corrected chi connectivity index (χ3v) is 3.85. The highest BCUT2D eigenvalue weighted by molar-refractivity contribution is 8.13. The summed E-state index contributed by atoms with van der Waals surface area (Å²) in [5, 5.41) is -0.216. The van der Waals surface area contributed by atoms with Crippen LogP contribution in [0.5, 0.6) is 0 Å². The van der Waals surface area contributed by atoms with Crippen molar-refractivity contribution in [2.45, 2.75) is 19.4 Å². The van der Waals surface area contributed by atoms with Gasteiger partial charge in [-0.3, -0.25) is 19.3 Å². The number of hydrogen-bond donors (Lipinski definition) is 0. The average molecular weight is 295 g/mol. The van der Waals surface area contributed by atoms with E-state index in [1.165, 1.54) is 12.1 Å². The van der Waals surface area contributed by atoms with Crippen LogP contribution in [0.25, 0.3) is 0 Å². The van der Waals surface area contributed by atoms with Crippen LogP contribution in [0.3, 0.4) is 0 Å². The molecule has 20 heavy (non-hydrogen) atoms. The summed E-state index contributed by atoms with van der Waals surface area (Å²) >= 11 is 1.07. The van der Waals surface area contributed by atoms with E-state index in [-0.39, 0.29) is 22.7 Å². The summed E-state index contributed by atoms with van der Waals surface area (Å²) in [5.41, 5.74) is 0.540. The van der Waals surface area contributed by atoms with Crippen LogP contribution in [0, 0.1) is 0 Å². The molecule has 1 aromatic rings. The SMILES string of the molecule is CCSC(=O)CC(CF)N1C(=O)c2ccccc2C1=O. The molecule has 0 bridgehead atoms. The van der Waals surface area contributed by atoms with E-state index < -0.39 is 24.5 Å². The highest BCUT2D eigenvalue weighted by Crippen LogP contribution is 2.26. The van der Waals surface area contributed by atoms with Gasteiger partial charge in [-0.05, 0) is 17.9 Å². The molecule has 0 radical (unpaired) electrons. The summed E-state index contributed by atoms with van der Waals surface area (Å²) < 4.78 is 13.2. The van der Waals surface area contributed by atoms with Crippen molar-refractivity contribution in [1.82, 2.24) is 4.90 Å². The third-order valence-electron chi connectivity index (χ3n) is 3.08. The number of nitrogens with zero attached hydrogens (tertiary/aromatic N) is 1. The lowest BCUT2D eigenvalue weighted by atomic mass is 10.1. The Balaban J connectivity index is 2.22. The Bertz CT molecular complexity index is 526. The molecule has 1 heterocycles. The van der Waals surface area contributed by atoms with E-state index in [2.05, 4.69) is 0 Å². The van der Waals surface area contributed by atoms with Gasteiger partial charge in [0.05, 0.1) is 17.2 Å². The first-order valence-electron chi connectivity index (χ1n) is 6.28. The fourth-order valence-electron chi connectivity index (χ4n) is 2.17. The summed E-state index contributed by atoms with van der Waals surface area (Å²) in [4.78, 5) is 36.8. The largest absolute Gasteiger partial charge is 0.287 e. The minimum Gasteiger partial charge on any atom is -0.287 e. The zero-order valence-corrected chi connectivity index (χ0v) is 11.8. The lowest BCUT2D eigenvalue weighted by molar-refractivity contribution is -0.111. The standard InChI is InChI=1S/C14H14FNO3S/c1-2-20-12(17)7-9(8-15)16-13(18)10-5-3-4-6-11(10)14(16)19/h3-6,9H,2,7-8H2,1H3. The number of hydrogen-bond acceptors (Lipinski definition) is 4. The molecule has 4 nitrogen and oxygen atoms in total. The molecule has 106 valence electrons. The van der Waals surface area contributed by atoms with Gasteiger partial charge in [-0.2, -0.15) is 0 Å². The van der Waals surface area contributed by atoms with Crippen molar-refractivity contribution in [3.63, 3.8) is 0 Å². The Morgan fingerprint density at radius 1 is 1.25 bits per heavy atom. The van der Waals surface area contributed by atoms with E-state index in [1.807, 2.05) is 6.92 Å². The zero-order valence-electron chi connectivity index (χ0n) is 11.0. The minimum atomic E-state index is -1.02. The summed E-state index contributed by atoms with van der Waals surface area (Å²) in [7, 11) is 0. The van der Waals surface area contributed by atoms with E-state index in [9.17, 15) is 18.8 Å². The molecule has 0 saturated heterocycles. The predicted molar refractivity (Wildman–Crippen MR) is 74.5 cm³/mol. The molecule has 2 rings (SSSR count). The van der Waals surface area contributed by atoms with Crippen molar-refractivity contribution in [3.8, 4) is 0 Å². The van der Waals surface area contributed by atoms with Crippen molar-refractivity contribution >= 4 is 28.7 Å². The van der Waals surface area contributed by atoms with Gasteiger partial charge in [-0.1, -0.05) is 30.8 Å². The van der Waals surface area contributed by atoms with E-state index in [0.717, 1.165) is 16.7 Å². The van der Waals surface area contributed by atoms with Crippen LogP contribution >= 0.6 is 11.8 Å². The molecule has 2 amide bonds. The molecular formula is C14H14FNO3S. The lowest BCUT2D eigenvalue weighted by Crippen LogP contribution is -2.42. The van der Waals surface area contributed by atoms with E-state index >= 15 is 0 Å². The number of fused-ring (bicyclic) bond motifs is 1. The van der Waals surface area contributed by atoms with Crippen molar-refractivity contribution in [3.05, 3.63) is 35.4 Å². The fourth-order valence-corrected chi connectivity index (χ4v) is 2.80. The maximum Gasteiger partial charge on any atom is 0.261 e. The second-order valence-corrected chi connectivity index (χ2v) is 5.66. The van der Waals surface area contributed by atoms with Crippen LogP contribution in [0.15, 0.2) is 24.3 Å². The van der Waals surface area contributed by atoms with Crippen molar-refractivity contribution in [1.29, 1.82) is 0 Å². The van der Waals surface area contributed by atoms with Gasteiger partial charge in [0.15, 0.2) is 5.12 Å². The summed E-state index contributed by atoms with van der Waals surface area (Å²) in [5.74, 6) is -0.468. The molecule has 1 aromatic carbocycles. The number of benzene rings is 1. The first-order chi connectivity index (χ1) is 9.60. The number of rotatable bonds is 5. The van der Waals surface area contributed by atoms with E-state index in [0.29, 0.717) is 5.75 Å². The topological polar surface area (TPSA) is 54.5 Å². The number of alkyl halides is 1. The van der Waals surface area contributed by atoms with Crippen LogP contribution in [0.1, 0.15) is 34.1 Å². The number of amides is 2. The van der Waals surface area contributed by atoms with Crippen LogP contribution < -0.4 is 0 Å². The molecule has 6 heteroatoms. The Morgan fingerprint density at radius 2 is 1.80 bits per heavy atom. The van der Waals surface area contributed by atoms with Crippen molar-refractivity contribution < 1.29 is 18.8 Å². The van der Waals surface area contributed by atoms with Gasteiger partial charge >= 0.3 is 0 Å². The van der Waals surface area contributed by atoms with Crippen LogP contribution in [0.4, 0.5) is 4.39 Å². The maximum atomic E-state index is 13.2. The summed E-state index contributed by atoms with van der Waals surface area (Å²) in [6.07, 6.45) is -0.152. The number of thioether (sulfide) groups is 1. The van der Waals surface area contributed by atoms with Crippen molar-refractivity contribution in [2.75, 3.05) is 12.4 Å². The Labute approximate surface area is 120 Å². The third kappa shape index (κ3) is 2.60. The molecule has 1 aliphatic rings. The quantitative estimate of drug-likeness (QED) is 0.782. The predicted octanol–water partition coefficient (Wildman–Crippen LogP) is 2.29. The maximum absolute atomic E-state index is 13.2. The van der Waals surface area contributed by atoms with Gasteiger partial charge < -0.3 is 0 Å². The molecule has 0 saturated carbocycles. The number of carbonyl (C=O) groups is 3. The molecule has 0 aliphatic carbocycles. The first kappa shape index (κ1) is 14.7. The Morgan fingerprint density at radius 3 is 2.25 bits per heavy atom. The zero-order chi connectivity index (χ0) is 14.7. The lowest BCUT2D eigenvalue weighted by Gasteiger charge is -2.22. The van der Waals surface area contributed by atoms with Crippen LogP contribution in [-0.2, 0) is 4.79 Å². The molecular weight excluding hydrogens is 281 g/mol. The minimum absolute atomic E-state index is 0.152. The second kappa shape index (κ2) is 6.17. The van der Waals surface area contributed by atoms with E-state index in [1.54, 1.807) is 12.1 Å². The number of carbonyl (C=O) groups excluding carboxylic acids is 3. The molecule has 1 aliphatic heterocycles. The summed E-state index contributed by atoms with van der Waals surface area (Å²) in [6.45, 7) is 0.899. The smallest absolute Gasteiger partial charge is 0.261 e. The van der Waals surface area contributed by atoms with Gasteiger partial charge in [-0.15, -0.1) is 0 Å². The monoisotopic (exact) mass is 295 g/mol. The van der Waals surface area contributed by atoms with Gasteiger partial charge in [0.2, 0.25) is 0 Å². The summed E-state index contributed by atoms with van der Waals surface area (Å²) in [6, 6.07) is 5.35. The second-order valence-electron chi connectivity index (χ2n) is 4.34. The molecule has 0 spiro atoms. The first-order valence-corrected chi connectivity index (χ1v) is 7.27. The van der Waals surface area contributed by atoms with Crippen molar-refractivity contribution in [2.24, 2.45) is 0 Å². The molecule has 0 N–H and O–H groups in total. The number of halogens is 1. The molecule has 1 unspecified atom stereocenters. The Hall–Kier alpha value is -1.69. The van der Waals surface area contributed by atoms with Gasteiger partial charge in [-0.25, -0.2) is 4.39 Å². The van der Waals surface area contributed by atoms with E-state index in [4.69, 9.17) is 0 Å². The highest BCUT2D eigenvalue weighted by Gasteiger charge is 2.40. The van der Waals surface area contributed by atoms with Gasteiger partial charge in [0, 0.05) is 6.42 Å². The number of imide groups is 1. The van der Waals surface area contributed by atoms with Gasteiger partial charge in [0.1, 0.15) is 6.67 Å². The normalized spacial score (nSPS) is 15.4. The average Bonchev–Trinajstić information content (AvgIpc) is 2.70. The van der Waals surface area contributed by atoms with Gasteiger partial charge in [0.25, 0.3) is 11.8 Å². The van der Waals surface area contributed by atoms with Crippen LogP contribution in [-0.4, -0.2) is 40.3 Å². The molecule has 0 aromatic heterocycles.